The number of thioether (sulfide) groups is 1. The summed E-state index contributed by atoms with van der Waals surface area (Å²) >= 11 is 1.58. The largest absolute Gasteiger partial charge is 0.387 e. The average Bonchev–Trinajstić information content (AvgIpc) is 2.51. The average molecular weight is 304 g/mol. The van der Waals surface area contributed by atoms with E-state index in [4.69, 9.17) is 10.5 Å². The predicted octanol–water partition coefficient (Wildman–Crippen LogP) is 2.00. The van der Waals surface area contributed by atoms with Gasteiger partial charge in [0.1, 0.15) is 6.04 Å². The lowest BCUT2D eigenvalue weighted by Crippen LogP contribution is -2.34. The molecular weight excluding hydrogens is 288 g/mol. The Hall–Kier alpha value is -1.92. The van der Waals surface area contributed by atoms with Crippen LogP contribution in [0.1, 0.15) is 16.9 Å². The zero-order valence-electron chi connectivity index (χ0n) is 11.6. The van der Waals surface area contributed by atoms with Crippen LogP contribution < -0.4 is 5.73 Å². The summed E-state index contributed by atoms with van der Waals surface area (Å²) < 4.78 is 4.83. The van der Waals surface area contributed by atoms with Crippen molar-refractivity contribution in [2.75, 3.05) is 12.0 Å². The Morgan fingerprint density at radius 2 is 2.10 bits per heavy atom. The maximum atomic E-state index is 12.1. The highest BCUT2D eigenvalue weighted by Gasteiger charge is 2.21. The number of esters is 2. The molecule has 0 radical (unpaired) electrons. The van der Waals surface area contributed by atoms with E-state index in [1.807, 2.05) is 18.4 Å². The molecule has 2 aromatic rings. The number of aromatic nitrogens is 1. The minimum Gasteiger partial charge on any atom is -0.387 e. The summed E-state index contributed by atoms with van der Waals surface area (Å²) in [5.74, 6) is -0.753. The first-order valence-corrected chi connectivity index (χ1v) is 7.87. The summed E-state index contributed by atoms with van der Waals surface area (Å²) in [5, 5.41) is 1.51. The SMILES string of the molecule is CSCC[C@H](N)C(=O)OC(=O)c1nccc2ccccc12. The molecule has 0 saturated heterocycles. The Morgan fingerprint density at radius 1 is 1.33 bits per heavy atom. The number of nitrogens with zero attached hydrogens (tertiary/aromatic N) is 1. The fraction of sp³-hybridized carbons (Fsp3) is 0.267. The zero-order chi connectivity index (χ0) is 15.2. The molecule has 5 nitrogen and oxygen atoms in total. The number of ether oxygens (including phenoxy) is 1. The van der Waals surface area contributed by atoms with Gasteiger partial charge in [-0.05, 0) is 29.9 Å². The molecular formula is C15H16N2O3S. The third-order valence-electron chi connectivity index (χ3n) is 3.00. The molecule has 0 fully saturated rings. The first-order valence-electron chi connectivity index (χ1n) is 6.47. The molecule has 0 aliphatic carbocycles. The first-order chi connectivity index (χ1) is 10.1. The lowest BCUT2D eigenvalue weighted by molar-refractivity contribution is -0.139. The van der Waals surface area contributed by atoms with Crippen LogP contribution in [-0.4, -0.2) is 35.0 Å². The van der Waals surface area contributed by atoms with Crippen LogP contribution in [0.2, 0.25) is 0 Å². The number of rotatable bonds is 5. The molecule has 0 unspecified atom stereocenters. The summed E-state index contributed by atoms with van der Waals surface area (Å²) in [5.41, 5.74) is 5.81. The highest BCUT2D eigenvalue weighted by molar-refractivity contribution is 7.98. The molecule has 1 aromatic carbocycles. The monoisotopic (exact) mass is 304 g/mol. The molecule has 0 saturated carbocycles. The van der Waals surface area contributed by atoms with Crippen molar-refractivity contribution in [1.82, 2.24) is 4.98 Å². The van der Waals surface area contributed by atoms with E-state index in [1.165, 1.54) is 6.20 Å². The Morgan fingerprint density at radius 3 is 2.86 bits per heavy atom. The van der Waals surface area contributed by atoms with Gasteiger partial charge in [-0.2, -0.15) is 11.8 Å². The summed E-state index contributed by atoms with van der Waals surface area (Å²) in [6, 6.07) is 8.28. The van der Waals surface area contributed by atoms with Gasteiger partial charge in [0.2, 0.25) is 0 Å². The molecule has 0 amide bonds. The van der Waals surface area contributed by atoms with Crippen molar-refractivity contribution in [3.8, 4) is 0 Å². The number of carbonyl (C=O) groups excluding carboxylic acids is 2. The Bertz CT molecular complexity index is 655. The van der Waals surface area contributed by atoms with E-state index >= 15 is 0 Å². The van der Waals surface area contributed by atoms with Crippen LogP contribution >= 0.6 is 11.8 Å². The number of pyridine rings is 1. The van der Waals surface area contributed by atoms with E-state index < -0.39 is 18.0 Å². The summed E-state index contributed by atoms with van der Waals surface area (Å²) in [6.45, 7) is 0. The first kappa shape index (κ1) is 15.5. The molecule has 2 rings (SSSR count). The van der Waals surface area contributed by atoms with E-state index in [-0.39, 0.29) is 5.69 Å². The van der Waals surface area contributed by atoms with E-state index in [0.29, 0.717) is 11.8 Å². The topological polar surface area (TPSA) is 82.3 Å². The Kier molecular flexibility index (Phi) is 5.30. The van der Waals surface area contributed by atoms with Crippen LogP contribution in [0.5, 0.6) is 0 Å². The van der Waals surface area contributed by atoms with Crippen molar-refractivity contribution in [3.63, 3.8) is 0 Å². The molecule has 1 heterocycles. The Balaban J connectivity index is 2.14. The van der Waals surface area contributed by atoms with Gasteiger partial charge in [-0.1, -0.05) is 24.3 Å². The quantitative estimate of drug-likeness (QED) is 0.672. The van der Waals surface area contributed by atoms with Crippen molar-refractivity contribution in [2.45, 2.75) is 12.5 Å². The number of nitrogens with two attached hydrogens (primary N) is 1. The van der Waals surface area contributed by atoms with Crippen LogP contribution in [0.4, 0.5) is 0 Å². The van der Waals surface area contributed by atoms with Crippen molar-refractivity contribution in [3.05, 3.63) is 42.2 Å². The molecule has 1 aromatic heterocycles. The van der Waals surface area contributed by atoms with E-state index in [0.717, 1.165) is 11.1 Å². The van der Waals surface area contributed by atoms with Gasteiger partial charge < -0.3 is 10.5 Å². The van der Waals surface area contributed by atoms with Gasteiger partial charge in [-0.3, -0.25) is 0 Å². The van der Waals surface area contributed by atoms with E-state index in [9.17, 15) is 9.59 Å². The van der Waals surface area contributed by atoms with Gasteiger partial charge >= 0.3 is 11.9 Å². The van der Waals surface area contributed by atoms with Gasteiger partial charge in [0.25, 0.3) is 0 Å². The maximum Gasteiger partial charge on any atom is 0.365 e. The smallest absolute Gasteiger partial charge is 0.365 e. The van der Waals surface area contributed by atoms with Crippen LogP contribution in [0, 0.1) is 0 Å². The molecule has 6 heteroatoms. The second-order valence-electron chi connectivity index (χ2n) is 4.48. The van der Waals surface area contributed by atoms with Gasteiger partial charge in [-0.15, -0.1) is 0 Å². The molecule has 0 bridgehead atoms. The molecule has 0 aliphatic heterocycles. The van der Waals surface area contributed by atoms with Crippen molar-refractivity contribution in [2.24, 2.45) is 5.73 Å². The minimum absolute atomic E-state index is 0.124. The normalized spacial score (nSPS) is 12.1. The highest BCUT2D eigenvalue weighted by atomic mass is 32.2. The van der Waals surface area contributed by atoms with E-state index in [1.54, 1.807) is 30.0 Å². The lowest BCUT2D eigenvalue weighted by atomic mass is 10.1. The van der Waals surface area contributed by atoms with Crippen LogP contribution in [0.15, 0.2) is 36.5 Å². The zero-order valence-corrected chi connectivity index (χ0v) is 12.4. The fourth-order valence-corrected chi connectivity index (χ4v) is 2.35. The van der Waals surface area contributed by atoms with Gasteiger partial charge in [0.05, 0.1) is 0 Å². The fourth-order valence-electron chi connectivity index (χ4n) is 1.86. The van der Waals surface area contributed by atoms with Crippen molar-refractivity contribution in [1.29, 1.82) is 0 Å². The minimum atomic E-state index is -0.795. The van der Waals surface area contributed by atoms with Crippen LogP contribution in [0.3, 0.4) is 0 Å². The van der Waals surface area contributed by atoms with Crippen molar-refractivity contribution >= 4 is 34.5 Å². The molecule has 0 aliphatic rings. The molecule has 21 heavy (non-hydrogen) atoms. The second-order valence-corrected chi connectivity index (χ2v) is 5.46. The standard InChI is InChI=1S/C15H16N2O3S/c1-21-9-7-12(16)14(18)20-15(19)13-11-5-3-2-4-10(11)6-8-17-13/h2-6,8,12H,7,9,16H2,1H3/t12-/m0/s1. The summed E-state index contributed by atoms with van der Waals surface area (Å²) in [4.78, 5) is 27.9. The molecule has 110 valence electrons. The lowest BCUT2D eigenvalue weighted by Gasteiger charge is -2.10. The molecule has 1 atom stereocenters. The molecule has 0 spiro atoms. The predicted molar refractivity (Wildman–Crippen MR) is 83.1 cm³/mol. The summed E-state index contributed by atoms with van der Waals surface area (Å²) in [7, 11) is 0. The molecule has 2 N–H and O–H groups in total. The Labute approximate surface area is 126 Å². The third-order valence-corrected chi connectivity index (χ3v) is 3.64. The number of hydrogen-bond acceptors (Lipinski definition) is 6. The van der Waals surface area contributed by atoms with Gasteiger partial charge in [-0.25, -0.2) is 14.6 Å². The number of fused-ring (bicyclic) bond motifs is 1. The van der Waals surface area contributed by atoms with Gasteiger partial charge in [0, 0.05) is 11.6 Å². The van der Waals surface area contributed by atoms with E-state index in [2.05, 4.69) is 4.98 Å². The van der Waals surface area contributed by atoms with Crippen molar-refractivity contribution < 1.29 is 14.3 Å². The van der Waals surface area contributed by atoms with Crippen LogP contribution in [-0.2, 0) is 9.53 Å². The third kappa shape index (κ3) is 3.80. The number of hydrogen-bond donors (Lipinski definition) is 1. The number of benzene rings is 1. The van der Waals surface area contributed by atoms with Crippen LogP contribution in [0.25, 0.3) is 10.8 Å². The van der Waals surface area contributed by atoms with Gasteiger partial charge in [0.15, 0.2) is 5.69 Å². The number of carbonyl (C=O) groups is 2. The second kappa shape index (κ2) is 7.19. The summed E-state index contributed by atoms with van der Waals surface area (Å²) in [6.07, 6.45) is 3.90. The highest BCUT2D eigenvalue weighted by Crippen LogP contribution is 2.17. The maximum absolute atomic E-state index is 12.1.